The lowest BCUT2D eigenvalue weighted by molar-refractivity contribution is -0.116. The van der Waals surface area contributed by atoms with Crippen LogP contribution in [0.15, 0.2) is 30.5 Å². The summed E-state index contributed by atoms with van der Waals surface area (Å²) >= 11 is 0. The predicted octanol–water partition coefficient (Wildman–Crippen LogP) is 2.64. The van der Waals surface area contributed by atoms with E-state index in [9.17, 15) is 9.59 Å². The van der Waals surface area contributed by atoms with E-state index in [-0.39, 0.29) is 24.5 Å². The maximum Gasteiger partial charge on any atom is 0.226 e. The van der Waals surface area contributed by atoms with E-state index in [1.54, 1.807) is 24.0 Å². The summed E-state index contributed by atoms with van der Waals surface area (Å²) in [5, 5.41) is 6.73. The fourth-order valence-corrected chi connectivity index (χ4v) is 2.09. The summed E-state index contributed by atoms with van der Waals surface area (Å²) < 4.78 is 1.61. The van der Waals surface area contributed by atoms with Crippen molar-refractivity contribution in [3.05, 3.63) is 47.2 Å². The lowest BCUT2D eigenvalue weighted by Crippen LogP contribution is -2.14. The molecule has 1 amide bonds. The first kappa shape index (κ1) is 15.0. The normalized spacial score (nSPS) is 10.4. The summed E-state index contributed by atoms with van der Waals surface area (Å²) in [4.78, 5) is 24.0. The molecule has 0 unspecified atom stereocenters. The van der Waals surface area contributed by atoms with Gasteiger partial charge in [-0.1, -0.05) is 17.7 Å². The van der Waals surface area contributed by atoms with Crippen molar-refractivity contribution >= 4 is 17.5 Å². The number of anilines is 1. The first-order valence-corrected chi connectivity index (χ1v) is 6.85. The number of amides is 1. The Morgan fingerprint density at radius 1 is 1.19 bits per heavy atom. The van der Waals surface area contributed by atoms with Gasteiger partial charge in [-0.2, -0.15) is 5.10 Å². The molecule has 0 saturated heterocycles. The molecule has 0 radical (unpaired) electrons. The molecular weight excluding hydrogens is 266 g/mol. The van der Waals surface area contributed by atoms with E-state index in [1.807, 2.05) is 32.0 Å². The molecule has 0 atom stereocenters. The van der Waals surface area contributed by atoms with Gasteiger partial charge in [0.2, 0.25) is 5.91 Å². The van der Waals surface area contributed by atoms with Gasteiger partial charge in [-0.25, -0.2) is 0 Å². The van der Waals surface area contributed by atoms with Crippen molar-refractivity contribution in [3.8, 4) is 0 Å². The smallest absolute Gasteiger partial charge is 0.226 e. The molecule has 0 bridgehead atoms. The van der Waals surface area contributed by atoms with Crippen LogP contribution in [0.3, 0.4) is 0 Å². The molecular formula is C16H19N3O2. The number of ketones is 1. The Balaban J connectivity index is 1.91. The SMILES string of the molecule is Cc1ccc(C)c(C(=O)CCC(=O)Nc2ccn(C)n2)c1. The molecule has 5 nitrogen and oxygen atoms in total. The van der Waals surface area contributed by atoms with Crippen molar-refractivity contribution < 1.29 is 9.59 Å². The number of carbonyl (C=O) groups excluding carboxylic acids is 2. The first-order valence-electron chi connectivity index (χ1n) is 6.85. The minimum absolute atomic E-state index is 0.00706. The summed E-state index contributed by atoms with van der Waals surface area (Å²) in [5.41, 5.74) is 2.68. The number of nitrogens with zero attached hydrogens (tertiary/aromatic N) is 2. The number of Topliss-reactive ketones (excluding diaryl/α,β-unsaturated/α-hetero) is 1. The van der Waals surface area contributed by atoms with Crippen molar-refractivity contribution in [2.24, 2.45) is 7.05 Å². The molecule has 5 heteroatoms. The van der Waals surface area contributed by atoms with Gasteiger partial charge in [0.1, 0.15) is 0 Å². The Morgan fingerprint density at radius 3 is 2.62 bits per heavy atom. The van der Waals surface area contributed by atoms with Gasteiger partial charge in [-0.05, 0) is 25.5 Å². The van der Waals surface area contributed by atoms with Crippen molar-refractivity contribution in [1.29, 1.82) is 0 Å². The topological polar surface area (TPSA) is 64.0 Å². The lowest BCUT2D eigenvalue weighted by atomic mass is 9.99. The van der Waals surface area contributed by atoms with Crippen LogP contribution in [0.25, 0.3) is 0 Å². The monoisotopic (exact) mass is 285 g/mol. The largest absolute Gasteiger partial charge is 0.309 e. The maximum absolute atomic E-state index is 12.2. The zero-order valence-electron chi connectivity index (χ0n) is 12.5. The van der Waals surface area contributed by atoms with Gasteiger partial charge in [0.15, 0.2) is 11.6 Å². The van der Waals surface area contributed by atoms with Gasteiger partial charge >= 0.3 is 0 Å². The molecule has 2 aromatic rings. The molecule has 1 aromatic carbocycles. The fourth-order valence-electron chi connectivity index (χ4n) is 2.09. The Hall–Kier alpha value is -2.43. The van der Waals surface area contributed by atoms with Crippen molar-refractivity contribution in [1.82, 2.24) is 9.78 Å². The molecule has 0 aliphatic rings. The van der Waals surface area contributed by atoms with Gasteiger partial charge in [-0.3, -0.25) is 14.3 Å². The third-order valence-electron chi connectivity index (χ3n) is 3.25. The summed E-state index contributed by atoms with van der Waals surface area (Å²) in [6.07, 6.45) is 2.10. The van der Waals surface area contributed by atoms with Crippen molar-refractivity contribution in [2.45, 2.75) is 26.7 Å². The Bertz CT molecular complexity index is 674. The molecule has 0 spiro atoms. The third-order valence-corrected chi connectivity index (χ3v) is 3.25. The lowest BCUT2D eigenvalue weighted by Gasteiger charge is -2.06. The second-order valence-electron chi connectivity index (χ2n) is 5.16. The Labute approximate surface area is 124 Å². The third kappa shape index (κ3) is 4.02. The number of hydrogen-bond acceptors (Lipinski definition) is 3. The standard InChI is InChI=1S/C16H19N3O2/c1-11-4-5-12(2)13(10-11)14(20)6-7-16(21)17-15-8-9-19(3)18-15/h4-5,8-10H,6-7H2,1-3H3,(H,17,18,21). The molecule has 1 N–H and O–H groups in total. The molecule has 1 heterocycles. The number of hydrogen-bond donors (Lipinski definition) is 1. The highest BCUT2D eigenvalue weighted by Crippen LogP contribution is 2.14. The zero-order chi connectivity index (χ0) is 15.4. The van der Waals surface area contributed by atoms with Gasteiger partial charge in [0, 0.05) is 37.7 Å². The van der Waals surface area contributed by atoms with Gasteiger partial charge in [-0.15, -0.1) is 0 Å². The fraction of sp³-hybridized carbons (Fsp3) is 0.312. The molecule has 1 aromatic heterocycles. The number of nitrogens with one attached hydrogen (secondary N) is 1. The second kappa shape index (κ2) is 6.35. The van der Waals surface area contributed by atoms with Crippen LogP contribution in [-0.4, -0.2) is 21.5 Å². The highest BCUT2D eigenvalue weighted by atomic mass is 16.2. The van der Waals surface area contributed by atoms with Crippen LogP contribution in [-0.2, 0) is 11.8 Å². The van der Waals surface area contributed by atoms with E-state index in [0.717, 1.165) is 11.1 Å². The molecule has 0 saturated carbocycles. The molecule has 21 heavy (non-hydrogen) atoms. The summed E-state index contributed by atoms with van der Waals surface area (Å²) in [5.74, 6) is 0.293. The molecule has 0 fully saturated rings. The summed E-state index contributed by atoms with van der Waals surface area (Å²) in [6, 6.07) is 7.48. The van der Waals surface area contributed by atoms with Crippen LogP contribution in [0.4, 0.5) is 5.82 Å². The highest BCUT2D eigenvalue weighted by Gasteiger charge is 2.12. The van der Waals surface area contributed by atoms with Crippen LogP contribution < -0.4 is 5.32 Å². The number of carbonyl (C=O) groups is 2. The van der Waals surface area contributed by atoms with E-state index >= 15 is 0 Å². The molecule has 0 aliphatic heterocycles. The zero-order valence-corrected chi connectivity index (χ0v) is 12.5. The van der Waals surface area contributed by atoms with Crippen LogP contribution in [0.5, 0.6) is 0 Å². The van der Waals surface area contributed by atoms with E-state index in [4.69, 9.17) is 0 Å². The molecule has 110 valence electrons. The molecule has 2 rings (SSSR count). The average molecular weight is 285 g/mol. The van der Waals surface area contributed by atoms with Crippen molar-refractivity contribution in [3.63, 3.8) is 0 Å². The maximum atomic E-state index is 12.2. The number of aromatic nitrogens is 2. The first-order chi connectivity index (χ1) is 9.95. The summed E-state index contributed by atoms with van der Waals surface area (Å²) in [7, 11) is 1.78. The minimum atomic E-state index is -0.202. The predicted molar refractivity (Wildman–Crippen MR) is 81.3 cm³/mol. The second-order valence-corrected chi connectivity index (χ2v) is 5.16. The van der Waals surface area contributed by atoms with Crippen LogP contribution in [0.1, 0.15) is 34.3 Å². The van der Waals surface area contributed by atoms with Gasteiger partial charge < -0.3 is 5.32 Å². The Morgan fingerprint density at radius 2 is 1.95 bits per heavy atom. The van der Waals surface area contributed by atoms with E-state index < -0.39 is 0 Å². The molecule has 0 aliphatic carbocycles. The quantitative estimate of drug-likeness (QED) is 0.859. The van der Waals surface area contributed by atoms with E-state index in [2.05, 4.69) is 10.4 Å². The number of aryl methyl sites for hydroxylation is 3. The average Bonchev–Trinajstić information content (AvgIpc) is 2.84. The van der Waals surface area contributed by atoms with Crippen molar-refractivity contribution in [2.75, 3.05) is 5.32 Å². The van der Waals surface area contributed by atoms with Crippen LogP contribution >= 0.6 is 0 Å². The van der Waals surface area contributed by atoms with E-state index in [1.165, 1.54) is 0 Å². The van der Waals surface area contributed by atoms with Crippen LogP contribution in [0, 0.1) is 13.8 Å². The highest BCUT2D eigenvalue weighted by molar-refractivity contribution is 6.00. The van der Waals surface area contributed by atoms with E-state index in [0.29, 0.717) is 11.4 Å². The van der Waals surface area contributed by atoms with Gasteiger partial charge in [0.05, 0.1) is 0 Å². The summed E-state index contributed by atoms with van der Waals surface area (Å²) in [6.45, 7) is 3.85. The number of benzene rings is 1. The number of rotatable bonds is 5. The Kier molecular flexibility index (Phi) is 4.52. The van der Waals surface area contributed by atoms with Crippen LogP contribution in [0.2, 0.25) is 0 Å². The minimum Gasteiger partial charge on any atom is -0.309 e. The van der Waals surface area contributed by atoms with Gasteiger partial charge in [0.25, 0.3) is 0 Å².